The van der Waals surface area contributed by atoms with Gasteiger partial charge in [-0.05, 0) is 38.5 Å². The van der Waals surface area contributed by atoms with Crippen LogP contribution in [0.3, 0.4) is 0 Å². The van der Waals surface area contributed by atoms with E-state index in [4.69, 9.17) is 5.73 Å². The molecule has 0 saturated heterocycles. The predicted molar refractivity (Wildman–Crippen MR) is 78.0 cm³/mol. The Hall–Kier alpha value is -2.04. The van der Waals surface area contributed by atoms with E-state index >= 15 is 0 Å². The summed E-state index contributed by atoms with van der Waals surface area (Å²) in [4.78, 5) is 6.29. The number of nitrogens with two attached hydrogens (primary N) is 1. The van der Waals surface area contributed by atoms with Gasteiger partial charge >= 0.3 is 0 Å². The third kappa shape index (κ3) is 2.70. The largest absolute Gasteiger partial charge is 0.394 e. The smallest absolute Gasteiger partial charge is 0.150 e. The van der Waals surface area contributed by atoms with Gasteiger partial charge < -0.3 is 10.6 Å². The zero-order valence-corrected chi connectivity index (χ0v) is 11.8. The highest BCUT2D eigenvalue weighted by molar-refractivity contribution is 5.66. The van der Waals surface area contributed by atoms with E-state index in [1.807, 2.05) is 36.1 Å². The normalized spacial score (nSPS) is 10.7. The van der Waals surface area contributed by atoms with Crippen LogP contribution in [-0.2, 0) is 13.1 Å². The molecule has 0 fully saturated rings. The van der Waals surface area contributed by atoms with E-state index in [9.17, 15) is 0 Å². The van der Waals surface area contributed by atoms with E-state index in [2.05, 4.69) is 28.8 Å². The summed E-state index contributed by atoms with van der Waals surface area (Å²) in [7, 11) is 0. The fourth-order valence-corrected chi connectivity index (χ4v) is 2.18. The van der Waals surface area contributed by atoms with Crippen LogP contribution in [0.4, 0.5) is 11.5 Å². The van der Waals surface area contributed by atoms with Gasteiger partial charge in [0.2, 0.25) is 0 Å². The first-order valence-electron chi connectivity index (χ1n) is 6.64. The third-order valence-electron chi connectivity index (χ3n) is 3.25. The Morgan fingerprint density at radius 2 is 1.95 bits per heavy atom. The topological polar surface area (TPSA) is 60.0 Å². The molecule has 0 amide bonds. The van der Waals surface area contributed by atoms with Crippen molar-refractivity contribution in [3.8, 4) is 0 Å². The number of hydrogen-bond acceptors (Lipinski definition) is 4. The van der Waals surface area contributed by atoms with E-state index in [0.717, 1.165) is 36.8 Å². The molecular weight excluding hydrogens is 238 g/mol. The van der Waals surface area contributed by atoms with Crippen molar-refractivity contribution in [3.05, 3.63) is 35.8 Å². The van der Waals surface area contributed by atoms with Gasteiger partial charge in [-0.3, -0.25) is 4.98 Å². The van der Waals surface area contributed by atoms with Gasteiger partial charge in [-0.25, -0.2) is 4.68 Å². The molecule has 5 heteroatoms. The number of rotatable bonds is 5. The van der Waals surface area contributed by atoms with Crippen LogP contribution in [0.15, 0.2) is 24.5 Å². The lowest BCUT2D eigenvalue weighted by Gasteiger charge is -2.24. The lowest BCUT2D eigenvalue weighted by Crippen LogP contribution is -2.25. The van der Waals surface area contributed by atoms with Crippen molar-refractivity contribution >= 4 is 11.5 Å². The van der Waals surface area contributed by atoms with Crippen LogP contribution >= 0.6 is 0 Å². The molecule has 2 aromatic heterocycles. The molecule has 0 aliphatic carbocycles. The summed E-state index contributed by atoms with van der Waals surface area (Å²) in [6.45, 7) is 8.68. The van der Waals surface area contributed by atoms with Gasteiger partial charge in [0.25, 0.3) is 0 Å². The maximum Gasteiger partial charge on any atom is 0.150 e. The molecule has 0 aliphatic heterocycles. The summed E-state index contributed by atoms with van der Waals surface area (Å²) in [5.41, 5.74) is 9.06. The number of aromatic nitrogens is 3. The van der Waals surface area contributed by atoms with Crippen molar-refractivity contribution in [2.45, 2.75) is 33.9 Å². The Balaban J connectivity index is 2.32. The van der Waals surface area contributed by atoms with Crippen LogP contribution < -0.4 is 10.6 Å². The van der Waals surface area contributed by atoms with Gasteiger partial charge in [-0.2, -0.15) is 5.10 Å². The molecule has 0 saturated carbocycles. The number of anilines is 2. The van der Waals surface area contributed by atoms with Crippen LogP contribution in [0.1, 0.15) is 25.1 Å². The monoisotopic (exact) mass is 259 g/mol. The average molecular weight is 259 g/mol. The van der Waals surface area contributed by atoms with Crippen LogP contribution in [0.2, 0.25) is 0 Å². The van der Waals surface area contributed by atoms with Gasteiger partial charge in [0, 0.05) is 32.0 Å². The number of aryl methyl sites for hydroxylation is 2. The maximum absolute atomic E-state index is 6.17. The zero-order chi connectivity index (χ0) is 13.8. The lowest BCUT2D eigenvalue weighted by atomic mass is 10.2. The molecule has 0 aliphatic rings. The van der Waals surface area contributed by atoms with Gasteiger partial charge in [-0.1, -0.05) is 0 Å². The van der Waals surface area contributed by atoms with Crippen LogP contribution in [-0.4, -0.2) is 21.3 Å². The molecule has 102 valence electrons. The summed E-state index contributed by atoms with van der Waals surface area (Å²) < 4.78 is 1.97. The molecule has 2 N–H and O–H groups in total. The highest BCUT2D eigenvalue weighted by Crippen LogP contribution is 2.27. The number of nitrogen functional groups attached to an aromatic ring is 1. The quantitative estimate of drug-likeness (QED) is 0.894. The van der Waals surface area contributed by atoms with Crippen LogP contribution in [0.5, 0.6) is 0 Å². The Labute approximate surface area is 114 Å². The Bertz CT molecular complexity index is 532. The van der Waals surface area contributed by atoms with Gasteiger partial charge in [0.1, 0.15) is 0 Å². The van der Waals surface area contributed by atoms with Crippen molar-refractivity contribution < 1.29 is 0 Å². The molecule has 0 atom stereocenters. The molecule has 5 nitrogen and oxygen atoms in total. The Morgan fingerprint density at radius 1 is 1.26 bits per heavy atom. The van der Waals surface area contributed by atoms with E-state index in [0.29, 0.717) is 0 Å². The molecule has 0 bridgehead atoms. The second-order valence-electron chi connectivity index (χ2n) is 4.51. The third-order valence-corrected chi connectivity index (χ3v) is 3.25. The summed E-state index contributed by atoms with van der Waals surface area (Å²) >= 11 is 0. The van der Waals surface area contributed by atoms with E-state index in [1.165, 1.54) is 5.56 Å². The van der Waals surface area contributed by atoms with Crippen molar-refractivity contribution in [1.29, 1.82) is 0 Å². The highest BCUT2D eigenvalue weighted by Gasteiger charge is 2.17. The van der Waals surface area contributed by atoms with E-state index in [1.54, 1.807) is 0 Å². The zero-order valence-electron chi connectivity index (χ0n) is 11.8. The molecule has 2 heterocycles. The number of nitrogens with zero attached hydrogens (tertiary/aromatic N) is 4. The maximum atomic E-state index is 6.17. The summed E-state index contributed by atoms with van der Waals surface area (Å²) in [5, 5.41) is 4.48. The van der Waals surface area contributed by atoms with Crippen molar-refractivity contribution in [1.82, 2.24) is 14.8 Å². The average Bonchev–Trinajstić information content (AvgIpc) is 2.73. The van der Waals surface area contributed by atoms with Crippen LogP contribution in [0, 0.1) is 6.92 Å². The van der Waals surface area contributed by atoms with Gasteiger partial charge in [-0.15, -0.1) is 0 Å². The van der Waals surface area contributed by atoms with Crippen molar-refractivity contribution in [2.24, 2.45) is 0 Å². The second-order valence-corrected chi connectivity index (χ2v) is 4.51. The van der Waals surface area contributed by atoms with Gasteiger partial charge in [0.05, 0.1) is 11.4 Å². The molecule has 2 aromatic rings. The molecular formula is C14H21N5. The Kier molecular flexibility index (Phi) is 4.04. The summed E-state index contributed by atoms with van der Waals surface area (Å²) in [6.07, 6.45) is 3.63. The second kappa shape index (κ2) is 5.73. The summed E-state index contributed by atoms with van der Waals surface area (Å²) in [6, 6.07) is 4.05. The number of hydrogen-bond donors (Lipinski definition) is 1. The molecule has 0 spiro atoms. The minimum absolute atomic E-state index is 0.776. The SMILES string of the molecule is CCN(Cc1ccncc1)c1c(N)c(C)nn1CC. The molecule has 19 heavy (non-hydrogen) atoms. The minimum atomic E-state index is 0.776. The lowest BCUT2D eigenvalue weighted by molar-refractivity contribution is 0.631. The molecule has 0 unspecified atom stereocenters. The number of pyridine rings is 1. The fourth-order valence-electron chi connectivity index (χ4n) is 2.18. The summed E-state index contributed by atoms with van der Waals surface area (Å²) in [5.74, 6) is 1.01. The molecule has 2 rings (SSSR count). The van der Waals surface area contributed by atoms with Gasteiger partial charge in [0.15, 0.2) is 5.82 Å². The highest BCUT2D eigenvalue weighted by atomic mass is 15.4. The van der Waals surface area contributed by atoms with E-state index < -0.39 is 0 Å². The predicted octanol–water partition coefficient (Wildman–Crippen LogP) is 2.22. The first-order valence-corrected chi connectivity index (χ1v) is 6.64. The molecule has 0 aromatic carbocycles. The first kappa shape index (κ1) is 13.4. The van der Waals surface area contributed by atoms with Crippen molar-refractivity contribution in [3.63, 3.8) is 0 Å². The molecule has 0 radical (unpaired) electrons. The first-order chi connectivity index (χ1) is 9.17. The van der Waals surface area contributed by atoms with Crippen molar-refractivity contribution in [2.75, 3.05) is 17.2 Å². The van der Waals surface area contributed by atoms with Crippen LogP contribution in [0.25, 0.3) is 0 Å². The fraction of sp³-hybridized carbons (Fsp3) is 0.429. The minimum Gasteiger partial charge on any atom is -0.394 e. The standard InChI is InChI=1S/C14H21N5/c1-4-18(10-12-6-8-16-9-7-12)14-13(15)11(3)17-19(14)5-2/h6-9H,4-5,10,15H2,1-3H3. The Morgan fingerprint density at radius 3 is 2.53 bits per heavy atom. The van der Waals surface area contributed by atoms with E-state index in [-0.39, 0.29) is 0 Å².